The second kappa shape index (κ2) is 5.96. The van der Waals surface area contributed by atoms with Gasteiger partial charge in [-0.15, -0.1) is 0 Å². The van der Waals surface area contributed by atoms with Crippen molar-refractivity contribution >= 4 is 11.8 Å². The van der Waals surface area contributed by atoms with Gasteiger partial charge in [0.05, 0.1) is 13.3 Å². The van der Waals surface area contributed by atoms with Gasteiger partial charge in [0.25, 0.3) is 0 Å². The number of nitrogen functional groups attached to an aromatic ring is 1. The number of rotatable bonds is 5. The Morgan fingerprint density at radius 3 is 3.00 bits per heavy atom. The molecule has 0 spiro atoms. The molecular weight excluding hydrogens is 249 g/mol. The van der Waals surface area contributed by atoms with Gasteiger partial charge in [-0.3, -0.25) is 5.43 Å². The Labute approximate surface area is 109 Å². The van der Waals surface area contributed by atoms with Gasteiger partial charge in [0.15, 0.2) is 11.6 Å². The summed E-state index contributed by atoms with van der Waals surface area (Å²) in [6, 6.07) is 7.45. The van der Waals surface area contributed by atoms with Crippen molar-refractivity contribution < 1.29 is 9.13 Å². The van der Waals surface area contributed by atoms with E-state index in [0.29, 0.717) is 6.54 Å². The number of hydrogen-bond donors (Lipinski definition) is 3. The zero-order valence-corrected chi connectivity index (χ0v) is 10.4. The largest absolute Gasteiger partial charge is 0.497 e. The Kier molecular flexibility index (Phi) is 4.09. The SMILES string of the molecule is COc1cccc(CNc2nc(NN)ncc2F)c1. The van der Waals surface area contributed by atoms with Crippen molar-refractivity contribution in [3.8, 4) is 5.75 Å². The third-order valence-electron chi connectivity index (χ3n) is 2.47. The van der Waals surface area contributed by atoms with Crippen LogP contribution in [0.1, 0.15) is 5.56 Å². The standard InChI is InChI=1S/C12H14FN5O/c1-19-9-4-2-3-8(5-9)6-15-11-10(13)7-16-12(17-11)18-14/h2-5,7H,6,14H2,1H3,(H2,15,16,17,18). The zero-order valence-electron chi connectivity index (χ0n) is 10.4. The van der Waals surface area contributed by atoms with E-state index in [0.717, 1.165) is 17.5 Å². The van der Waals surface area contributed by atoms with Crippen LogP contribution in [-0.4, -0.2) is 17.1 Å². The first-order chi connectivity index (χ1) is 9.22. The summed E-state index contributed by atoms with van der Waals surface area (Å²) in [5.74, 6) is 5.61. The molecule has 4 N–H and O–H groups in total. The summed E-state index contributed by atoms with van der Waals surface area (Å²) < 4.78 is 18.6. The van der Waals surface area contributed by atoms with Gasteiger partial charge in [-0.05, 0) is 17.7 Å². The van der Waals surface area contributed by atoms with Crippen LogP contribution in [0.5, 0.6) is 5.75 Å². The molecule has 0 atom stereocenters. The quantitative estimate of drug-likeness (QED) is 0.560. The Balaban J connectivity index is 2.09. The molecule has 100 valence electrons. The Bertz CT molecular complexity index is 564. The van der Waals surface area contributed by atoms with E-state index < -0.39 is 5.82 Å². The number of hydrogen-bond acceptors (Lipinski definition) is 6. The summed E-state index contributed by atoms with van der Waals surface area (Å²) in [7, 11) is 1.59. The van der Waals surface area contributed by atoms with E-state index in [1.807, 2.05) is 24.3 Å². The smallest absolute Gasteiger partial charge is 0.239 e. The summed E-state index contributed by atoms with van der Waals surface area (Å²) in [4.78, 5) is 7.54. The van der Waals surface area contributed by atoms with Gasteiger partial charge in [0.1, 0.15) is 5.75 Å². The molecule has 0 aliphatic heterocycles. The van der Waals surface area contributed by atoms with E-state index in [-0.39, 0.29) is 11.8 Å². The van der Waals surface area contributed by atoms with Crippen LogP contribution in [0.4, 0.5) is 16.2 Å². The number of nitrogens with zero attached hydrogens (tertiary/aromatic N) is 2. The van der Waals surface area contributed by atoms with Crippen molar-refractivity contribution in [1.29, 1.82) is 0 Å². The Hall–Kier alpha value is -2.41. The van der Waals surface area contributed by atoms with E-state index in [1.54, 1.807) is 7.11 Å². The summed E-state index contributed by atoms with van der Waals surface area (Å²) in [5.41, 5.74) is 3.21. The third-order valence-corrected chi connectivity index (χ3v) is 2.47. The highest BCUT2D eigenvalue weighted by Crippen LogP contribution is 2.16. The molecule has 0 unspecified atom stereocenters. The minimum Gasteiger partial charge on any atom is -0.497 e. The molecule has 0 aliphatic carbocycles. The molecule has 0 saturated carbocycles. The highest BCUT2D eigenvalue weighted by atomic mass is 19.1. The molecule has 0 saturated heterocycles. The zero-order chi connectivity index (χ0) is 13.7. The molecule has 0 amide bonds. The van der Waals surface area contributed by atoms with Crippen molar-refractivity contribution in [1.82, 2.24) is 9.97 Å². The Morgan fingerprint density at radius 1 is 1.42 bits per heavy atom. The number of ether oxygens (including phenoxy) is 1. The van der Waals surface area contributed by atoms with Crippen molar-refractivity contribution in [2.24, 2.45) is 5.84 Å². The third kappa shape index (κ3) is 3.29. The fourth-order valence-electron chi connectivity index (χ4n) is 1.53. The molecule has 7 heteroatoms. The number of methoxy groups -OCH3 is 1. The average molecular weight is 263 g/mol. The van der Waals surface area contributed by atoms with Gasteiger partial charge in [-0.1, -0.05) is 12.1 Å². The lowest BCUT2D eigenvalue weighted by Crippen LogP contribution is -2.13. The van der Waals surface area contributed by atoms with Gasteiger partial charge in [-0.25, -0.2) is 15.2 Å². The van der Waals surface area contributed by atoms with E-state index in [2.05, 4.69) is 20.7 Å². The highest BCUT2D eigenvalue weighted by Gasteiger charge is 2.06. The second-order valence-electron chi connectivity index (χ2n) is 3.74. The number of nitrogens with one attached hydrogen (secondary N) is 2. The summed E-state index contributed by atoms with van der Waals surface area (Å²) in [6.07, 6.45) is 1.05. The molecular formula is C12H14FN5O. The monoisotopic (exact) mass is 263 g/mol. The lowest BCUT2D eigenvalue weighted by molar-refractivity contribution is 0.414. The maximum atomic E-state index is 13.5. The van der Waals surface area contributed by atoms with Crippen LogP contribution in [0.25, 0.3) is 0 Å². The van der Waals surface area contributed by atoms with Gasteiger partial charge in [0, 0.05) is 6.54 Å². The van der Waals surface area contributed by atoms with Crippen LogP contribution in [-0.2, 0) is 6.54 Å². The van der Waals surface area contributed by atoms with E-state index in [9.17, 15) is 4.39 Å². The summed E-state index contributed by atoms with van der Waals surface area (Å²) >= 11 is 0. The molecule has 0 fully saturated rings. The predicted octanol–water partition coefficient (Wildman–Crippen LogP) is 1.52. The number of aromatic nitrogens is 2. The fourth-order valence-corrected chi connectivity index (χ4v) is 1.53. The van der Waals surface area contributed by atoms with E-state index in [1.165, 1.54) is 0 Å². The van der Waals surface area contributed by atoms with Crippen LogP contribution < -0.4 is 21.3 Å². The minimum absolute atomic E-state index is 0.0887. The number of benzene rings is 1. The van der Waals surface area contributed by atoms with Crippen LogP contribution >= 0.6 is 0 Å². The number of hydrazine groups is 1. The molecule has 6 nitrogen and oxygen atoms in total. The van der Waals surface area contributed by atoms with Crippen LogP contribution in [0.3, 0.4) is 0 Å². The first kappa shape index (κ1) is 13.0. The van der Waals surface area contributed by atoms with Crippen LogP contribution in [0, 0.1) is 5.82 Å². The highest BCUT2D eigenvalue weighted by molar-refractivity contribution is 5.41. The summed E-state index contributed by atoms with van der Waals surface area (Å²) in [6.45, 7) is 0.412. The average Bonchev–Trinajstić information content (AvgIpc) is 2.46. The molecule has 19 heavy (non-hydrogen) atoms. The lowest BCUT2D eigenvalue weighted by atomic mass is 10.2. The van der Waals surface area contributed by atoms with Crippen molar-refractivity contribution in [3.05, 3.63) is 41.8 Å². The van der Waals surface area contributed by atoms with E-state index in [4.69, 9.17) is 10.6 Å². The number of anilines is 2. The van der Waals surface area contributed by atoms with Crippen molar-refractivity contribution in [3.63, 3.8) is 0 Å². The van der Waals surface area contributed by atoms with E-state index >= 15 is 0 Å². The first-order valence-electron chi connectivity index (χ1n) is 5.59. The van der Waals surface area contributed by atoms with Gasteiger partial charge in [-0.2, -0.15) is 4.98 Å². The minimum atomic E-state index is -0.540. The topological polar surface area (TPSA) is 85.1 Å². The second-order valence-corrected chi connectivity index (χ2v) is 3.74. The molecule has 2 rings (SSSR count). The van der Waals surface area contributed by atoms with Gasteiger partial charge < -0.3 is 10.1 Å². The van der Waals surface area contributed by atoms with Gasteiger partial charge in [0.2, 0.25) is 5.95 Å². The van der Waals surface area contributed by atoms with Crippen LogP contribution in [0.2, 0.25) is 0 Å². The molecule has 2 aromatic rings. The van der Waals surface area contributed by atoms with Crippen molar-refractivity contribution in [2.75, 3.05) is 17.9 Å². The summed E-state index contributed by atoms with van der Waals surface area (Å²) in [5, 5.41) is 2.88. The van der Waals surface area contributed by atoms with Crippen molar-refractivity contribution in [2.45, 2.75) is 6.54 Å². The molecule has 0 aliphatic rings. The lowest BCUT2D eigenvalue weighted by Gasteiger charge is -2.08. The molecule has 0 bridgehead atoms. The molecule has 1 aromatic carbocycles. The predicted molar refractivity (Wildman–Crippen MR) is 70.1 cm³/mol. The molecule has 1 heterocycles. The number of halogens is 1. The maximum Gasteiger partial charge on any atom is 0.239 e. The maximum absolute atomic E-state index is 13.5. The first-order valence-corrected chi connectivity index (χ1v) is 5.59. The van der Waals surface area contributed by atoms with Gasteiger partial charge >= 0.3 is 0 Å². The molecule has 1 aromatic heterocycles. The fraction of sp³-hybridized carbons (Fsp3) is 0.167. The number of nitrogens with two attached hydrogens (primary N) is 1. The molecule has 0 radical (unpaired) electrons. The Morgan fingerprint density at radius 2 is 2.26 bits per heavy atom. The normalized spacial score (nSPS) is 10.1. The van der Waals surface area contributed by atoms with Crippen LogP contribution in [0.15, 0.2) is 30.5 Å².